The van der Waals surface area contributed by atoms with Crippen molar-refractivity contribution in [2.75, 3.05) is 5.32 Å². The number of aromatic nitrogens is 2. The van der Waals surface area contributed by atoms with Gasteiger partial charge in [-0.1, -0.05) is 12.1 Å². The van der Waals surface area contributed by atoms with Gasteiger partial charge in [0.25, 0.3) is 0 Å². The summed E-state index contributed by atoms with van der Waals surface area (Å²) in [6.07, 6.45) is 5.59. The lowest BCUT2D eigenvalue weighted by molar-refractivity contribution is 0.571. The van der Waals surface area contributed by atoms with E-state index in [-0.39, 0.29) is 0 Å². The normalized spacial score (nSPS) is 18.2. The van der Waals surface area contributed by atoms with Gasteiger partial charge in [0.2, 0.25) is 0 Å². The van der Waals surface area contributed by atoms with Gasteiger partial charge in [0.05, 0.1) is 12.2 Å². The molecule has 1 N–H and O–H groups in total. The van der Waals surface area contributed by atoms with Crippen molar-refractivity contribution in [2.45, 2.75) is 39.2 Å². The molecule has 0 saturated heterocycles. The molecule has 3 nitrogen and oxygen atoms in total. The minimum Gasteiger partial charge on any atom is -0.378 e. The van der Waals surface area contributed by atoms with E-state index in [1.807, 2.05) is 17.9 Å². The number of hydrogen-bond acceptors (Lipinski definition) is 2. The molecule has 1 aromatic heterocycles. The molecule has 0 spiro atoms. The highest BCUT2D eigenvalue weighted by molar-refractivity contribution is 5.54. The van der Waals surface area contributed by atoms with Crippen molar-refractivity contribution in [3.63, 3.8) is 0 Å². The third-order valence-electron chi connectivity index (χ3n) is 4.10. The fraction of sp³-hybridized carbons (Fsp3) is 0.438. The highest BCUT2D eigenvalue weighted by atomic mass is 15.3. The Hall–Kier alpha value is -1.77. The van der Waals surface area contributed by atoms with Crippen molar-refractivity contribution in [1.82, 2.24) is 9.78 Å². The molecule has 0 radical (unpaired) electrons. The van der Waals surface area contributed by atoms with Crippen LogP contribution in [0.15, 0.2) is 24.4 Å². The third-order valence-corrected chi connectivity index (χ3v) is 4.10. The Bertz CT molecular complexity index is 598. The molecule has 100 valence electrons. The van der Waals surface area contributed by atoms with Gasteiger partial charge in [-0.2, -0.15) is 5.10 Å². The van der Waals surface area contributed by atoms with Crippen LogP contribution in [0.25, 0.3) is 0 Å². The Morgan fingerprint density at radius 1 is 1.32 bits per heavy atom. The van der Waals surface area contributed by atoms with Crippen LogP contribution in [0.3, 0.4) is 0 Å². The van der Waals surface area contributed by atoms with Crippen molar-refractivity contribution in [2.24, 2.45) is 7.05 Å². The highest BCUT2D eigenvalue weighted by Gasteiger charge is 2.23. The molecule has 0 aliphatic heterocycles. The smallest absolute Gasteiger partial charge is 0.0547 e. The average molecular weight is 255 g/mol. The molecule has 0 bridgehead atoms. The van der Waals surface area contributed by atoms with Crippen molar-refractivity contribution in [1.29, 1.82) is 0 Å². The van der Waals surface area contributed by atoms with Crippen LogP contribution in [0, 0.1) is 13.8 Å². The van der Waals surface area contributed by atoms with Crippen LogP contribution in [0.1, 0.15) is 41.3 Å². The number of rotatable bonds is 2. The van der Waals surface area contributed by atoms with Gasteiger partial charge in [-0.05, 0) is 50.3 Å². The molecule has 1 atom stereocenters. The van der Waals surface area contributed by atoms with Crippen LogP contribution in [-0.2, 0) is 13.5 Å². The van der Waals surface area contributed by atoms with E-state index in [0.29, 0.717) is 6.04 Å². The van der Waals surface area contributed by atoms with Crippen molar-refractivity contribution >= 4 is 5.69 Å². The lowest BCUT2D eigenvalue weighted by atomic mass is 9.92. The summed E-state index contributed by atoms with van der Waals surface area (Å²) >= 11 is 0. The number of aryl methyl sites for hydroxylation is 3. The van der Waals surface area contributed by atoms with Gasteiger partial charge >= 0.3 is 0 Å². The van der Waals surface area contributed by atoms with Gasteiger partial charge in [-0.3, -0.25) is 4.68 Å². The lowest BCUT2D eigenvalue weighted by Gasteiger charge is -2.25. The molecule has 2 aromatic rings. The number of anilines is 1. The van der Waals surface area contributed by atoms with Crippen molar-refractivity contribution < 1.29 is 0 Å². The highest BCUT2D eigenvalue weighted by Crippen LogP contribution is 2.33. The molecule has 0 fully saturated rings. The van der Waals surface area contributed by atoms with Gasteiger partial charge in [-0.25, -0.2) is 0 Å². The molecular weight excluding hydrogens is 234 g/mol. The first-order valence-electron chi connectivity index (χ1n) is 6.99. The van der Waals surface area contributed by atoms with Crippen LogP contribution in [0.2, 0.25) is 0 Å². The molecule has 19 heavy (non-hydrogen) atoms. The predicted octanol–water partition coefficient (Wildman–Crippen LogP) is 3.53. The Kier molecular flexibility index (Phi) is 3.05. The maximum absolute atomic E-state index is 4.41. The van der Waals surface area contributed by atoms with E-state index in [0.717, 1.165) is 6.42 Å². The summed E-state index contributed by atoms with van der Waals surface area (Å²) in [5.74, 6) is 0. The number of nitrogens with one attached hydrogen (secondary N) is 1. The van der Waals surface area contributed by atoms with Crippen molar-refractivity contribution in [3.05, 3.63) is 46.8 Å². The summed E-state index contributed by atoms with van der Waals surface area (Å²) in [5.41, 5.74) is 6.61. The minimum absolute atomic E-state index is 0.401. The predicted molar refractivity (Wildman–Crippen MR) is 78.4 cm³/mol. The number of fused-ring (bicyclic) bond motifs is 1. The molecule has 1 aliphatic carbocycles. The molecule has 3 heteroatoms. The van der Waals surface area contributed by atoms with E-state index in [1.165, 1.54) is 40.9 Å². The monoisotopic (exact) mass is 255 g/mol. The largest absolute Gasteiger partial charge is 0.378 e. The van der Waals surface area contributed by atoms with E-state index in [9.17, 15) is 0 Å². The standard InChI is InChI=1S/C16H21N3/c1-11-7-8-12(2)15(9-11)18-14-5-4-6-16-13(14)10-17-19(16)3/h7-10,14,18H,4-6H2,1-3H3. The molecule has 1 unspecified atom stereocenters. The molecular formula is C16H21N3. The second-order valence-electron chi connectivity index (χ2n) is 5.58. The summed E-state index contributed by atoms with van der Waals surface area (Å²) in [4.78, 5) is 0. The Morgan fingerprint density at radius 3 is 3.00 bits per heavy atom. The van der Waals surface area contributed by atoms with Gasteiger partial charge in [0.1, 0.15) is 0 Å². The van der Waals surface area contributed by atoms with Crippen molar-refractivity contribution in [3.8, 4) is 0 Å². The zero-order valence-electron chi connectivity index (χ0n) is 11.9. The second-order valence-corrected chi connectivity index (χ2v) is 5.58. The summed E-state index contributed by atoms with van der Waals surface area (Å²) in [6, 6.07) is 6.99. The number of benzene rings is 1. The molecule has 3 rings (SSSR count). The van der Waals surface area contributed by atoms with E-state index in [1.54, 1.807) is 0 Å². The first kappa shape index (κ1) is 12.3. The summed E-state index contributed by atoms with van der Waals surface area (Å²) in [6.45, 7) is 4.30. The molecule has 1 aliphatic rings. The Morgan fingerprint density at radius 2 is 2.16 bits per heavy atom. The second kappa shape index (κ2) is 4.72. The average Bonchev–Trinajstić information content (AvgIpc) is 2.77. The van der Waals surface area contributed by atoms with Gasteiger partial charge in [0, 0.05) is 24.0 Å². The summed E-state index contributed by atoms with van der Waals surface area (Å²) < 4.78 is 2.02. The maximum Gasteiger partial charge on any atom is 0.0547 e. The molecule has 0 saturated carbocycles. The van der Waals surface area contributed by atoms with E-state index in [2.05, 4.69) is 42.5 Å². The van der Waals surface area contributed by atoms with Gasteiger partial charge < -0.3 is 5.32 Å². The Labute approximate surface area is 114 Å². The van der Waals surface area contributed by atoms with Crippen LogP contribution >= 0.6 is 0 Å². The number of nitrogens with zero attached hydrogens (tertiary/aromatic N) is 2. The molecule has 1 aromatic carbocycles. The fourth-order valence-corrected chi connectivity index (χ4v) is 2.94. The van der Waals surface area contributed by atoms with Crippen LogP contribution in [0.4, 0.5) is 5.69 Å². The topological polar surface area (TPSA) is 29.9 Å². The molecule has 1 heterocycles. The summed E-state index contributed by atoms with van der Waals surface area (Å²) in [7, 11) is 2.04. The zero-order valence-corrected chi connectivity index (χ0v) is 11.9. The third kappa shape index (κ3) is 2.25. The van der Waals surface area contributed by atoms with Gasteiger partial charge in [-0.15, -0.1) is 0 Å². The number of hydrogen-bond donors (Lipinski definition) is 1. The first-order chi connectivity index (χ1) is 9.15. The van der Waals surface area contributed by atoms with E-state index in [4.69, 9.17) is 0 Å². The minimum atomic E-state index is 0.401. The van der Waals surface area contributed by atoms with Crippen LogP contribution in [0.5, 0.6) is 0 Å². The summed E-state index contributed by atoms with van der Waals surface area (Å²) in [5, 5.41) is 8.11. The Balaban J connectivity index is 1.90. The van der Waals surface area contributed by atoms with Crippen LogP contribution in [-0.4, -0.2) is 9.78 Å². The van der Waals surface area contributed by atoms with E-state index < -0.39 is 0 Å². The first-order valence-corrected chi connectivity index (χ1v) is 6.99. The molecule has 0 amide bonds. The fourth-order valence-electron chi connectivity index (χ4n) is 2.94. The quantitative estimate of drug-likeness (QED) is 0.889. The SMILES string of the molecule is Cc1ccc(C)c(NC2CCCc3c2cnn3C)c1. The van der Waals surface area contributed by atoms with Crippen LogP contribution < -0.4 is 5.32 Å². The van der Waals surface area contributed by atoms with Gasteiger partial charge in [0.15, 0.2) is 0 Å². The van der Waals surface area contributed by atoms with E-state index >= 15 is 0 Å². The lowest BCUT2D eigenvalue weighted by Crippen LogP contribution is -2.18. The zero-order chi connectivity index (χ0) is 13.4. The maximum atomic E-state index is 4.41.